The quantitative estimate of drug-likeness (QED) is 0.877. The van der Waals surface area contributed by atoms with Crippen LogP contribution in [0, 0.1) is 11.7 Å². The SMILES string of the molecule is CC(C)CNCc1ccnc(N(C)c2ccccc2F)c1. The van der Waals surface area contributed by atoms with Crippen LogP contribution >= 0.6 is 0 Å². The Hall–Kier alpha value is -1.94. The minimum atomic E-state index is -0.245. The van der Waals surface area contributed by atoms with E-state index in [0.717, 1.165) is 24.5 Å². The summed E-state index contributed by atoms with van der Waals surface area (Å²) >= 11 is 0. The fourth-order valence-electron chi connectivity index (χ4n) is 2.11. The lowest BCUT2D eigenvalue weighted by Crippen LogP contribution is -2.19. The molecule has 1 aromatic carbocycles. The lowest BCUT2D eigenvalue weighted by Gasteiger charge is -2.19. The summed E-state index contributed by atoms with van der Waals surface area (Å²) < 4.78 is 13.8. The maximum atomic E-state index is 13.8. The van der Waals surface area contributed by atoms with Crippen molar-refractivity contribution in [3.63, 3.8) is 0 Å². The van der Waals surface area contributed by atoms with E-state index in [4.69, 9.17) is 0 Å². The first kappa shape index (κ1) is 15.4. The fourth-order valence-corrected chi connectivity index (χ4v) is 2.11. The number of benzene rings is 1. The molecular weight excluding hydrogens is 265 g/mol. The molecule has 0 amide bonds. The van der Waals surface area contributed by atoms with Gasteiger partial charge in [0.15, 0.2) is 0 Å². The van der Waals surface area contributed by atoms with Gasteiger partial charge in [-0.15, -0.1) is 0 Å². The third-order valence-electron chi connectivity index (χ3n) is 3.25. The van der Waals surface area contributed by atoms with Crippen LogP contribution in [-0.2, 0) is 6.54 Å². The highest BCUT2D eigenvalue weighted by Gasteiger charge is 2.10. The van der Waals surface area contributed by atoms with Gasteiger partial charge in [0.2, 0.25) is 0 Å². The van der Waals surface area contributed by atoms with Crippen LogP contribution in [0.3, 0.4) is 0 Å². The average Bonchev–Trinajstić information content (AvgIpc) is 2.47. The van der Waals surface area contributed by atoms with Gasteiger partial charge >= 0.3 is 0 Å². The zero-order valence-electron chi connectivity index (χ0n) is 12.8. The molecule has 0 spiro atoms. The Bertz CT molecular complexity index is 584. The number of pyridine rings is 1. The zero-order chi connectivity index (χ0) is 15.2. The predicted octanol–water partition coefficient (Wildman–Crippen LogP) is 3.73. The largest absolute Gasteiger partial charge is 0.327 e. The molecule has 21 heavy (non-hydrogen) atoms. The third kappa shape index (κ3) is 4.26. The lowest BCUT2D eigenvalue weighted by atomic mass is 10.2. The molecule has 0 aliphatic rings. The van der Waals surface area contributed by atoms with E-state index in [1.807, 2.05) is 25.2 Å². The van der Waals surface area contributed by atoms with E-state index in [1.54, 1.807) is 23.2 Å². The van der Waals surface area contributed by atoms with E-state index in [2.05, 4.69) is 24.1 Å². The van der Waals surface area contributed by atoms with Crippen LogP contribution in [0.1, 0.15) is 19.4 Å². The number of hydrogen-bond acceptors (Lipinski definition) is 3. The minimum absolute atomic E-state index is 0.245. The van der Waals surface area contributed by atoms with Gasteiger partial charge in [-0.1, -0.05) is 26.0 Å². The molecule has 0 atom stereocenters. The van der Waals surface area contributed by atoms with Gasteiger partial charge in [0.05, 0.1) is 5.69 Å². The summed E-state index contributed by atoms with van der Waals surface area (Å²) in [4.78, 5) is 6.10. The number of rotatable bonds is 6. The van der Waals surface area contributed by atoms with Crippen molar-refractivity contribution in [2.45, 2.75) is 20.4 Å². The molecule has 0 unspecified atom stereocenters. The van der Waals surface area contributed by atoms with Crippen molar-refractivity contribution in [1.82, 2.24) is 10.3 Å². The van der Waals surface area contributed by atoms with Crippen LogP contribution in [0.25, 0.3) is 0 Å². The van der Waals surface area contributed by atoms with Crippen molar-refractivity contribution in [1.29, 1.82) is 0 Å². The van der Waals surface area contributed by atoms with Crippen LogP contribution in [-0.4, -0.2) is 18.6 Å². The number of halogens is 1. The first-order valence-electron chi connectivity index (χ1n) is 7.22. The number of hydrogen-bond donors (Lipinski definition) is 1. The second-order valence-corrected chi connectivity index (χ2v) is 5.56. The van der Waals surface area contributed by atoms with Gasteiger partial charge in [-0.3, -0.25) is 0 Å². The summed E-state index contributed by atoms with van der Waals surface area (Å²) in [5.41, 5.74) is 1.67. The van der Waals surface area contributed by atoms with Crippen LogP contribution in [0.4, 0.5) is 15.9 Å². The van der Waals surface area contributed by atoms with Crippen molar-refractivity contribution in [2.24, 2.45) is 5.92 Å². The average molecular weight is 287 g/mol. The number of nitrogens with one attached hydrogen (secondary N) is 1. The Morgan fingerprint density at radius 2 is 2.00 bits per heavy atom. The maximum Gasteiger partial charge on any atom is 0.146 e. The highest BCUT2D eigenvalue weighted by molar-refractivity contribution is 5.60. The number of anilines is 2. The topological polar surface area (TPSA) is 28.2 Å². The van der Waals surface area contributed by atoms with E-state index in [-0.39, 0.29) is 5.82 Å². The first-order valence-corrected chi connectivity index (χ1v) is 7.22. The van der Waals surface area contributed by atoms with Gasteiger partial charge < -0.3 is 10.2 Å². The molecule has 1 aromatic heterocycles. The van der Waals surface area contributed by atoms with Crippen molar-refractivity contribution in [3.8, 4) is 0 Å². The molecule has 0 radical (unpaired) electrons. The molecule has 2 aromatic rings. The zero-order valence-corrected chi connectivity index (χ0v) is 12.8. The predicted molar refractivity (Wildman–Crippen MR) is 85.2 cm³/mol. The minimum Gasteiger partial charge on any atom is -0.327 e. The molecule has 0 saturated heterocycles. The molecule has 112 valence electrons. The standard InChI is InChI=1S/C17H22FN3/c1-13(2)11-19-12-14-8-9-20-17(10-14)21(3)16-7-5-4-6-15(16)18/h4-10,13,19H,11-12H2,1-3H3. The summed E-state index contributed by atoms with van der Waals surface area (Å²) in [6.45, 7) is 6.12. The lowest BCUT2D eigenvalue weighted by molar-refractivity contribution is 0.552. The molecule has 0 fully saturated rings. The van der Waals surface area contributed by atoms with Crippen molar-refractivity contribution in [2.75, 3.05) is 18.5 Å². The highest BCUT2D eigenvalue weighted by Crippen LogP contribution is 2.24. The van der Waals surface area contributed by atoms with Gasteiger partial charge in [0.1, 0.15) is 11.6 Å². The first-order chi connectivity index (χ1) is 10.1. The van der Waals surface area contributed by atoms with Gasteiger partial charge in [0, 0.05) is 19.8 Å². The molecule has 1 N–H and O–H groups in total. The van der Waals surface area contributed by atoms with E-state index in [1.165, 1.54) is 6.07 Å². The molecule has 0 aliphatic heterocycles. The van der Waals surface area contributed by atoms with Gasteiger partial charge in [-0.2, -0.15) is 0 Å². The summed E-state index contributed by atoms with van der Waals surface area (Å²) in [5, 5.41) is 3.40. The van der Waals surface area contributed by atoms with Crippen molar-refractivity contribution >= 4 is 11.5 Å². The van der Waals surface area contributed by atoms with Crippen LogP contribution in [0.15, 0.2) is 42.6 Å². The van der Waals surface area contributed by atoms with E-state index >= 15 is 0 Å². The van der Waals surface area contributed by atoms with Gasteiger partial charge in [-0.05, 0) is 42.3 Å². The van der Waals surface area contributed by atoms with Crippen molar-refractivity contribution in [3.05, 3.63) is 54.0 Å². The molecule has 0 saturated carbocycles. The normalized spacial score (nSPS) is 10.9. The van der Waals surface area contributed by atoms with Gasteiger partial charge in [-0.25, -0.2) is 9.37 Å². The Morgan fingerprint density at radius 3 is 2.71 bits per heavy atom. The van der Waals surface area contributed by atoms with Crippen LogP contribution in [0.5, 0.6) is 0 Å². The summed E-state index contributed by atoms with van der Waals surface area (Å²) in [6, 6.07) is 10.7. The Balaban J connectivity index is 2.11. The summed E-state index contributed by atoms with van der Waals surface area (Å²) in [6.07, 6.45) is 1.76. The fraction of sp³-hybridized carbons (Fsp3) is 0.353. The Morgan fingerprint density at radius 1 is 1.24 bits per heavy atom. The van der Waals surface area contributed by atoms with E-state index < -0.39 is 0 Å². The monoisotopic (exact) mass is 287 g/mol. The van der Waals surface area contributed by atoms with Gasteiger partial charge in [0.25, 0.3) is 0 Å². The Kier molecular flexibility index (Phi) is 5.28. The second-order valence-electron chi connectivity index (χ2n) is 5.56. The molecule has 3 nitrogen and oxygen atoms in total. The summed E-state index contributed by atoms with van der Waals surface area (Å²) in [7, 11) is 1.83. The van der Waals surface area contributed by atoms with E-state index in [9.17, 15) is 4.39 Å². The number of para-hydroxylation sites is 1. The molecule has 4 heteroatoms. The van der Waals surface area contributed by atoms with Crippen LogP contribution in [0.2, 0.25) is 0 Å². The molecule has 0 aliphatic carbocycles. The van der Waals surface area contributed by atoms with Crippen molar-refractivity contribution < 1.29 is 4.39 Å². The van der Waals surface area contributed by atoms with E-state index in [0.29, 0.717) is 11.6 Å². The number of nitrogens with zero attached hydrogens (tertiary/aromatic N) is 2. The molecular formula is C17H22FN3. The molecule has 0 bridgehead atoms. The summed E-state index contributed by atoms with van der Waals surface area (Å²) in [5.74, 6) is 1.11. The smallest absolute Gasteiger partial charge is 0.146 e. The third-order valence-corrected chi connectivity index (χ3v) is 3.25. The highest BCUT2D eigenvalue weighted by atomic mass is 19.1. The Labute approximate surface area is 125 Å². The second kappa shape index (κ2) is 7.18. The maximum absolute atomic E-state index is 13.8. The number of aromatic nitrogens is 1. The van der Waals surface area contributed by atoms with Crippen LogP contribution < -0.4 is 10.2 Å². The molecule has 2 rings (SSSR count). The molecule has 1 heterocycles.